The van der Waals surface area contributed by atoms with Crippen molar-refractivity contribution in [2.24, 2.45) is 0 Å². The molecule has 0 fully saturated rings. The van der Waals surface area contributed by atoms with Crippen LogP contribution in [0.3, 0.4) is 0 Å². The van der Waals surface area contributed by atoms with Gasteiger partial charge in [0.05, 0.1) is 5.39 Å². The molecule has 0 bridgehead atoms. The second-order valence-corrected chi connectivity index (χ2v) is 3.49. The minimum atomic E-state index is -0.427. The van der Waals surface area contributed by atoms with E-state index >= 15 is 0 Å². The van der Waals surface area contributed by atoms with Gasteiger partial charge in [0.2, 0.25) is 0 Å². The van der Waals surface area contributed by atoms with E-state index in [-0.39, 0.29) is 5.75 Å². The molecule has 2 aromatic rings. The molecule has 16 heavy (non-hydrogen) atoms. The first kappa shape index (κ1) is 10.5. The Bertz CT molecular complexity index is 594. The molecule has 0 amide bonds. The summed E-state index contributed by atoms with van der Waals surface area (Å²) in [6.07, 6.45) is 4.49. The van der Waals surface area contributed by atoms with Gasteiger partial charge in [0, 0.05) is 5.39 Å². The number of hydrogen-bond acceptors (Lipinski definition) is 3. The highest BCUT2D eigenvalue weighted by molar-refractivity contribution is 5.87. The zero-order valence-electron chi connectivity index (χ0n) is 8.93. The Hall–Kier alpha value is -2.03. The van der Waals surface area contributed by atoms with Crippen LogP contribution < -0.4 is 5.63 Å². The van der Waals surface area contributed by atoms with Crippen LogP contribution >= 0.6 is 0 Å². The van der Waals surface area contributed by atoms with Crippen molar-refractivity contribution in [3.8, 4) is 5.75 Å². The molecule has 2 rings (SSSR count). The van der Waals surface area contributed by atoms with Crippen LogP contribution in [0.5, 0.6) is 5.75 Å². The maximum absolute atomic E-state index is 11.6. The van der Waals surface area contributed by atoms with Gasteiger partial charge in [0.1, 0.15) is 11.5 Å². The molecule has 1 heterocycles. The van der Waals surface area contributed by atoms with Crippen LogP contribution in [0.1, 0.15) is 19.1 Å². The highest BCUT2D eigenvalue weighted by Crippen LogP contribution is 2.23. The van der Waals surface area contributed by atoms with E-state index in [4.69, 9.17) is 4.42 Å². The van der Waals surface area contributed by atoms with Gasteiger partial charge in [0.15, 0.2) is 0 Å². The molecule has 3 heteroatoms. The maximum Gasteiger partial charge on any atom is 0.344 e. The van der Waals surface area contributed by atoms with E-state index in [9.17, 15) is 9.90 Å². The fourth-order valence-corrected chi connectivity index (χ4v) is 1.53. The van der Waals surface area contributed by atoms with E-state index in [1.165, 1.54) is 0 Å². The first-order chi connectivity index (χ1) is 7.72. The lowest BCUT2D eigenvalue weighted by Gasteiger charge is -2.00. The Labute approximate surface area is 92.6 Å². The molecule has 82 valence electrons. The molecule has 0 aliphatic heterocycles. The smallest absolute Gasteiger partial charge is 0.344 e. The Kier molecular flexibility index (Phi) is 2.77. The van der Waals surface area contributed by atoms with Crippen LogP contribution in [-0.2, 0) is 0 Å². The highest BCUT2D eigenvalue weighted by atomic mass is 16.4. The molecule has 1 aromatic carbocycles. The van der Waals surface area contributed by atoms with Crippen molar-refractivity contribution in [1.82, 2.24) is 0 Å². The van der Waals surface area contributed by atoms with E-state index in [1.54, 1.807) is 30.3 Å². The fraction of sp³-hybridized carbons (Fsp3) is 0.154. The number of fused-ring (bicyclic) bond motifs is 1. The van der Waals surface area contributed by atoms with Gasteiger partial charge in [-0.05, 0) is 30.7 Å². The first-order valence-corrected chi connectivity index (χ1v) is 5.14. The van der Waals surface area contributed by atoms with Crippen molar-refractivity contribution in [3.63, 3.8) is 0 Å². The van der Waals surface area contributed by atoms with Gasteiger partial charge in [-0.15, -0.1) is 0 Å². The van der Waals surface area contributed by atoms with Crippen LogP contribution in [0, 0.1) is 0 Å². The predicted octanol–water partition coefficient (Wildman–Crippen LogP) is 2.92. The first-order valence-electron chi connectivity index (χ1n) is 5.14. The van der Waals surface area contributed by atoms with Crippen LogP contribution in [-0.4, -0.2) is 5.11 Å². The Morgan fingerprint density at radius 3 is 2.94 bits per heavy atom. The van der Waals surface area contributed by atoms with E-state index in [2.05, 4.69) is 0 Å². The summed E-state index contributed by atoms with van der Waals surface area (Å²) in [6, 6.07) is 6.47. The average Bonchev–Trinajstić information content (AvgIpc) is 2.28. The summed E-state index contributed by atoms with van der Waals surface area (Å²) < 4.78 is 5.09. The lowest BCUT2D eigenvalue weighted by atomic mass is 10.1. The number of aromatic hydroxyl groups is 1. The van der Waals surface area contributed by atoms with Crippen molar-refractivity contribution in [1.29, 1.82) is 0 Å². The summed E-state index contributed by atoms with van der Waals surface area (Å²) in [5.74, 6) is 0.553. The third-order valence-corrected chi connectivity index (χ3v) is 2.32. The van der Waals surface area contributed by atoms with Crippen molar-refractivity contribution in [2.45, 2.75) is 13.3 Å². The van der Waals surface area contributed by atoms with Gasteiger partial charge in [0.25, 0.3) is 0 Å². The topological polar surface area (TPSA) is 50.4 Å². The summed E-state index contributed by atoms with van der Waals surface area (Å²) in [6.45, 7) is 1.99. The highest BCUT2D eigenvalue weighted by Gasteiger charge is 2.05. The van der Waals surface area contributed by atoms with Gasteiger partial charge >= 0.3 is 5.63 Å². The van der Waals surface area contributed by atoms with Crippen LogP contribution in [0.2, 0.25) is 0 Å². The van der Waals surface area contributed by atoms with E-state index in [1.807, 2.05) is 13.0 Å². The van der Waals surface area contributed by atoms with Gasteiger partial charge in [-0.2, -0.15) is 0 Å². The third kappa shape index (κ3) is 1.84. The van der Waals surface area contributed by atoms with Crippen LogP contribution in [0.4, 0.5) is 0 Å². The van der Waals surface area contributed by atoms with Crippen LogP contribution in [0.25, 0.3) is 16.8 Å². The Morgan fingerprint density at radius 1 is 1.38 bits per heavy atom. The monoisotopic (exact) mass is 216 g/mol. The molecule has 0 aliphatic carbocycles. The number of hydrogen-bond donors (Lipinski definition) is 1. The average molecular weight is 216 g/mol. The molecule has 0 saturated carbocycles. The van der Waals surface area contributed by atoms with Gasteiger partial charge in [-0.3, -0.25) is 0 Å². The summed E-state index contributed by atoms with van der Waals surface area (Å²) in [7, 11) is 0. The van der Waals surface area contributed by atoms with Crippen molar-refractivity contribution in [2.75, 3.05) is 0 Å². The quantitative estimate of drug-likeness (QED) is 0.839. The standard InChI is InChI=1S/C13H12O3/c1-2-3-5-9-8-11-10(13(15)16-9)6-4-7-12(11)14/h3-8,14H,2H2,1H3/b5-3+. The van der Waals surface area contributed by atoms with Crippen LogP contribution in [0.15, 0.2) is 39.6 Å². The van der Waals surface area contributed by atoms with Crippen molar-refractivity contribution < 1.29 is 9.52 Å². The molecule has 0 unspecified atom stereocenters. The van der Waals surface area contributed by atoms with Crippen molar-refractivity contribution >= 4 is 16.8 Å². The molecular weight excluding hydrogens is 204 g/mol. The normalized spacial score (nSPS) is 11.3. The van der Waals surface area contributed by atoms with Gasteiger partial charge in [-0.1, -0.05) is 19.1 Å². The second-order valence-electron chi connectivity index (χ2n) is 3.49. The predicted molar refractivity (Wildman–Crippen MR) is 63.5 cm³/mol. The minimum absolute atomic E-state index is 0.0940. The fourth-order valence-electron chi connectivity index (χ4n) is 1.53. The molecule has 0 saturated heterocycles. The van der Waals surface area contributed by atoms with E-state index in [0.29, 0.717) is 16.5 Å². The lowest BCUT2D eigenvalue weighted by molar-refractivity contribution is 0.478. The summed E-state index contributed by atoms with van der Waals surface area (Å²) in [5.41, 5.74) is -0.427. The second kappa shape index (κ2) is 4.23. The molecule has 0 atom stereocenters. The zero-order valence-corrected chi connectivity index (χ0v) is 8.93. The molecular formula is C13H12O3. The number of benzene rings is 1. The summed E-state index contributed by atoms with van der Waals surface area (Å²) >= 11 is 0. The minimum Gasteiger partial charge on any atom is -0.507 e. The third-order valence-electron chi connectivity index (χ3n) is 2.32. The van der Waals surface area contributed by atoms with Crippen molar-refractivity contribution in [3.05, 3.63) is 46.5 Å². The largest absolute Gasteiger partial charge is 0.507 e. The van der Waals surface area contributed by atoms with Gasteiger partial charge < -0.3 is 9.52 Å². The lowest BCUT2D eigenvalue weighted by Crippen LogP contribution is -1.99. The summed E-state index contributed by atoms with van der Waals surface area (Å²) in [4.78, 5) is 11.6. The number of allylic oxidation sites excluding steroid dienone is 1. The molecule has 3 nitrogen and oxygen atoms in total. The Balaban J connectivity index is 2.70. The number of rotatable bonds is 2. The molecule has 0 radical (unpaired) electrons. The van der Waals surface area contributed by atoms with E-state index < -0.39 is 5.63 Å². The number of phenolic OH excluding ortho intramolecular Hbond substituents is 1. The molecule has 0 spiro atoms. The molecule has 1 aromatic heterocycles. The Morgan fingerprint density at radius 2 is 2.19 bits per heavy atom. The van der Waals surface area contributed by atoms with Gasteiger partial charge in [-0.25, -0.2) is 4.79 Å². The number of phenols is 1. The maximum atomic E-state index is 11.6. The summed E-state index contributed by atoms with van der Waals surface area (Å²) in [5, 5.41) is 10.6. The molecule has 0 aliphatic rings. The zero-order chi connectivity index (χ0) is 11.5. The van der Waals surface area contributed by atoms with E-state index in [0.717, 1.165) is 6.42 Å². The molecule has 1 N–H and O–H groups in total. The SMILES string of the molecule is CC/C=C/c1cc2c(O)cccc2c(=O)o1.